The van der Waals surface area contributed by atoms with E-state index < -0.39 is 0 Å². The minimum absolute atomic E-state index is 0.0365. The highest BCUT2D eigenvalue weighted by molar-refractivity contribution is 5.99. The van der Waals surface area contributed by atoms with Crippen LogP contribution in [0.1, 0.15) is 11.1 Å². The zero-order valence-electron chi connectivity index (χ0n) is 8.00. The number of aryl methyl sites for hydroxylation is 1. The Balaban J connectivity index is 2.24. The minimum atomic E-state index is -0.0365. The summed E-state index contributed by atoms with van der Waals surface area (Å²) in [6, 6.07) is 8.08. The second-order valence-corrected chi connectivity index (χ2v) is 3.39. The predicted octanol–water partition coefficient (Wildman–Crippen LogP) is 1.01. The van der Waals surface area contributed by atoms with E-state index in [1.165, 1.54) is 5.56 Å². The summed E-state index contributed by atoms with van der Waals surface area (Å²) in [6.07, 6.45) is 1.90. The van der Waals surface area contributed by atoms with Crippen LogP contribution in [0.5, 0.6) is 0 Å². The predicted molar refractivity (Wildman–Crippen MR) is 55.3 cm³/mol. The van der Waals surface area contributed by atoms with Crippen molar-refractivity contribution in [2.75, 3.05) is 6.54 Å². The molecule has 3 nitrogen and oxygen atoms in total. The van der Waals surface area contributed by atoms with Crippen molar-refractivity contribution in [3.8, 4) is 0 Å². The van der Waals surface area contributed by atoms with Crippen molar-refractivity contribution in [1.29, 1.82) is 0 Å². The number of amides is 1. The molecule has 1 aliphatic heterocycles. The molecule has 1 aliphatic rings. The van der Waals surface area contributed by atoms with Crippen LogP contribution >= 0.6 is 0 Å². The first-order chi connectivity index (χ1) is 6.75. The van der Waals surface area contributed by atoms with Crippen molar-refractivity contribution in [3.63, 3.8) is 0 Å². The molecule has 1 saturated heterocycles. The van der Waals surface area contributed by atoms with Gasteiger partial charge in [-0.25, -0.2) is 5.43 Å². The molecule has 0 radical (unpaired) electrons. The summed E-state index contributed by atoms with van der Waals surface area (Å²) in [7, 11) is 0. The van der Waals surface area contributed by atoms with E-state index in [1.807, 2.05) is 37.3 Å². The van der Waals surface area contributed by atoms with Crippen molar-refractivity contribution in [2.45, 2.75) is 6.92 Å². The van der Waals surface area contributed by atoms with Gasteiger partial charge in [-0.1, -0.05) is 29.8 Å². The van der Waals surface area contributed by atoms with Gasteiger partial charge in [0.1, 0.15) is 0 Å². The Morgan fingerprint density at radius 1 is 1.29 bits per heavy atom. The molecule has 0 spiro atoms. The number of hydrogen-bond acceptors (Lipinski definition) is 2. The van der Waals surface area contributed by atoms with Gasteiger partial charge in [0.15, 0.2) is 0 Å². The smallest absolute Gasteiger partial charge is 0.262 e. The zero-order chi connectivity index (χ0) is 9.97. The largest absolute Gasteiger partial charge is 0.287 e. The van der Waals surface area contributed by atoms with Gasteiger partial charge in [-0.3, -0.25) is 10.2 Å². The molecule has 1 aromatic carbocycles. The van der Waals surface area contributed by atoms with Gasteiger partial charge < -0.3 is 0 Å². The topological polar surface area (TPSA) is 41.1 Å². The number of carbonyl (C=O) groups is 1. The monoisotopic (exact) mass is 188 g/mol. The second kappa shape index (κ2) is 3.64. The third-order valence-electron chi connectivity index (χ3n) is 2.19. The van der Waals surface area contributed by atoms with Gasteiger partial charge in [-0.15, -0.1) is 0 Å². The van der Waals surface area contributed by atoms with Crippen LogP contribution in [0.15, 0.2) is 29.8 Å². The van der Waals surface area contributed by atoms with E-state index in [0.29, 0.717) is 6.54 Å². The summed E-state index contributed by atoms with van der Waals surface area (Å²) in [4.78, 5) is 11.2. The molecule has 0 atom stereocenters. The van der Waals surface area contributed by atoms with Crippen molar-refractivity contribution < 1.29 is 4.79 Å². The van der Waals surface area contributed by atoms with Crippen molar-refractivity contribution in [1.82, 2.24) is 10.9 Å². The highest BCUT2D eigenvalue weighted by Crippen LogP contribution is 2.09. The molecule has 0 aromatic heterocycles. The summed E-state index contributed by atoms with van der Waals surface area (Å²) in [5, 5.41) is 0. The van der Waals surface area contributed by atoms with E-state index in [9.17, 15) is 4.79 Å². The molecule has 0 saturated carbocycles. The first-order valence-corrected chi connectivity index (χ1v) is 4.56. The summed E-state index contributed by atoms with van der Waals surface area (Å²) in [5.41, 5.74) is 8.38. The second-order valence-electron chi connectivity index (χ2n) is 3.39. The van der Waals surface area contributed by atoms with Gasteiger partial charge in [-0.05, 0) is 18.6 Å². The third-order valence-corrected chi connectivity index (χ3v) is 2.19. The molecular weight excluding hydrogens is 176 g/mol. The average Bonchev–Trinajstić information content (AvgIpc) is 2.56. The molecule has 2 rings (SSSR count). The molecular formula is C11H12N2O. The van der Waals surface area contributed by atoms with Gasteiger partial charge in [0.25, 0.3) is 5.91 Å². The molecule has 0 aliphatic carbocycles. The Bertz CT molecular complexity index is 379. The molecule has 0 bridgehead atoms. The Labute approximate surface area is 82.8 Å². The first kappa shape index (κ1) is 8.97. The molecule has 0 unspecified atom stereocenters. The summed E-state index contributed by atoms with van der Waals surface area (Å²) >= 11 is 0. The molecule has 2 N–H and O–H groups in total. The lowest BCUT2D eigenvalue weighted by molar-refractivity contribution is -0.116. The molecule has 1 fully saturated rings. The Kier molecular flexibility index (Phi) is 2.33. The summed E-state index contributed by atoms with van der Waals surface area (Å²) in [6.45, 7) is 2.63. The van der Waals surface area contributed by atoms with Crippen molar-refractivity contribution >= 4 is 12.0 Å². The van der Waals surface area contributed by atoms with Crippen LogP contribution in [0.25, 0.3) is 6.08 Å². The van der Waals surface area contributed by atoms with Gasteiger partial charge in [0.05, 0.1) is 0 Å². The number of hydrazine groups is 1. The van der Waals surface area contributed by atoms with Crippen LogP contribution in [0.3, 0.4) is 0 Å². The Morgan fingerprint density at radius 3 is 2.57 bits per heavy atom. The van der Waals surface area contributed by atoms with Crippen LogP contribution in [0, 0.1) is 6.92 Å². The molecule has 3 heteroatoms. The number of benzene rings is 1. The van der Waals surface area contributed by atoms with Crippen LogP contribution in [-0.4, -0.2) is 12.5 Å². The van der Waals surface area contributed by atoms with Gasteiger partial charge in [0.2, 0.25) is 0 Å². The molecule has 72 valence electrons. The molecule has 1 amide bonds. The Morgan fingerprint density at radius 2 is 2.00 bits per heavy atom. The maximum absolute atomic E-state index is 11.2. The number of nitrogens with one attached hydrogen (secondary N) is 2. The standard InChI is InChI=1S/C11H12N2O/c1-8-2-4-9(5-3-8)6-10-7-12-13-11(10)14/h2-6,12H,7H2,1H3,(H,13,14)/b10-6+. The van der Waals surface area contributed by atoms with E-state index in [0.717, 1.165) is 11.1 Å². The summed E-state index contributed by atoms with van der Waals surface area (Å²) in [5.74, 6) is -0.0365. The number of hydrogen-bond donors (Lipinski definition) is 2. The highest BCUT2D eigenvalue weighted by Gasteiger charge is 2.14. The number of carbonyl (C=O) groups excluding carboxylic acids is 1. The number of rotatable bonds is 1. The Hall–Kier alpha value is -1.61. The fraction of sp³-hybridized carbons (Fsp3) is 0.182. The minimum Gasteiger partial charge on any atom is -0.287 e. The van der Waals surface area contributed by atoms with Crippen LogP contribution < -0.4 is 10.9 Å². The van der Waals surface area contributed by atoms with Crippen molar-refractivity contribution in [2.24, 2.45) is 0 Å². The van der Waals surface area contributed by atoms with E-state index in [-0.39, 0.29) is 5.91 Å². The van der Waals surface area contributed by atoms with Crippen LogP contribution in [-0.2, 0) is 4.79 Å². The van der Waals surface area contributed by atoms with E-state index in [4.69, 9.17) is 0 Å². The van der Waals surface area contributed by atoms with Crippen molar-refractivity contribution in [3.05, 3.63) is 41.0 Å². The van der Waals surface area contributed by atoms with E-state index in [2.05, 4.69) is 10.9 Å². The van der Waals surface area contributed by atoms with E-state index in [1.54, 1.807) is 0 Å². The van der Waals surface area contributed by atoms with Gasteiger partial charge in [-0.2, -0.15) is 0 Å². The third kappa shape index (κ3) is 1.83. The fourth-order valence-corrected chi connectivity index (χ4v) is 1.36. The maximum Gasteiger partial charge on any atom is 0.262 e. The SMILES string of the molecule is Cc1ccc(/C=C2\CNNC2=O)cc1. The molecule has 1 aromatic rings. The van der Waals surface area contributed by atoms with Crippen LogP contribution in [0.4, 0.5) is 0 Å². The quantitative estimate of drug-likeness (QED) is 0.646. The fourth-order valence-electron chi connectivity index (χ4n) is 1.36. The lowest BCUT2D eigenvalue weighted by Crippen LogP contribution is -2.25. The lowest BCUT2D eigenvalue weighted by Gasteiger charge is -1.96. The van der Waals surface area contributed by atoms with Gasteiger partial charge in [0, 0.05) is 12.1 Å². The maximum atomic E-state index is 11.2. The summed E-state index contributed by atoms with van der Waals surface area (Å²) < 4.78 is 0. The first-order valence-electron chi connectivity index (χ1n) is 4.56. The van der Waals surface area contributed by atoms with Crippen LogP contribution in [0.2, 0.25) is 0 Å². The van der Waals surface area contributed by atoms with E-state index >= 15 is 0 Å². The lowest BCUT2D eigenvalue weighted by atomic mass is 10.1. The van der Waals surface area contributed by atoms with Gasteiger partial charge >= 0.3 is 0 Å². The molecule has 14 heavy (non-hydrogen) atoms. The normalized spacial score (nSPS) is 18.6. The average molecular weight is 188 g/mol. The molecule has 1 heterocycles. The highest BCUT2D eigenvalue weighted by atomic mass is 16.2. The zero-order valence-corrected chi connectivity index (χ0v) is 8.00.